The maximum absolute atomic E-state index is 12.1. The van der Waals surface area contributed by atoms with Gasteiger partial charge in [-0.25, -0.2) is 8.42 Å². The molecule has 1 heterocycles. The largest absolute Gasteiger partial charge is 0.330 e. The normalized spacial score (nSPS) is 32.9. The van der Waals surface area contributed by atoms with Gasteiger partial charge in [-0.3, -0.25) is 0 Å². The number of sulfonamides is 1. The van der Waals surface area contributed by atoms with Crippen LogP contribution in [-0.4, -0.2) is 37.6 Å². The van der Waals surface area contributed by atoms with E-state index in [0.29, 0.717) is 31.3 Å². The van der Waals surface area contributed by atoms with Gasteiger partial charge in [-0.1, -0.05) is 13.8 Å². The molecule has 0 saturated carbocycles. The fourth-order valence-corrected chi connectivity index (χ4v) is 4.38. The Morgan fingerprint density at radius 1 is 1.31 bits per heavy atom. The molecule has 96 valence electrons. The summed E-state index contributed by atoms with van der Waals surface area (Å²) in [6.07, 6.45) is 1.67. The lowest BCUT2D eigenvalue weighted by Crippen LogP contribution is -2.49. The molecule has 0 aromatic heterocycles. The van der Waals surface area contributed by atoms with Crippen LogP contribution in [0.3, 0.4) is 0 Å². The first-order valence-electron chi connectivity index (χ1n) is 6.08. The summed E-state index contributed by atoms with van der Waals surface area (Å²) >= 11 is 0. The summed E-state index contributed by atoms with van der Waals surface area (Å²) in [7, 11) is -3.11. The van der Waals surface area contributed by atoms with Crippen LogP contribution in [0.4, 0.5) is 0 Å². The fraction of sp³-hybridized carbons (Fsp3) is 1.00. The van der Waals surface area contributed by atoms with Crippen LogP contribution >= 0.6 is 0 Å². The van der Waals surface area contributed by atoms with Crippen LogP contribution in [0.5, 0.6) is 0 Å². The van der Waals surface area contributed by atoms with E-state index in [0.717, 1.165) is 6.42 Å². The summed E-state index contributed by atoms with van der Waals surface area (Å²) in [5.74, 6) is 1.09. The minimum Gasteiger partial charge on any atom is -0.330 e. The summed E-state index contributed by atoms with van der Waals surface area (Å²) < 4.78 is 25.9. The van der Waals surface area contributed by atoms with Crippen molar-refractivity contribution in [3.05, 3.63) is 0 Å². The Hall–Kier alpha value is -0.130. The third-order valence-electron chi connectivity index (χ3n) is 3.51. The van der Waals surface area contributed by atoms with Gasteiger partial charge in [-0.15, -0.1) is 0 Å². The predicted molar refractivity (Wildman–Crippen MR) is 66.6 cm³/mol. The number of hydrogen-bond donors (Lipinski definition) is 1. The molecule has 0 radical (unpaired) electrons. The third kappa shape index (κ3) is 3.18. The van der Waals surface area contributed by atoms with E-state index in [2.05, 4.69) is 13.8 Å². The minimum atomic E-state index is -3.11. The van der Waals surface area contributed by atoms with Gasteiger partial charge < -0.3 is 5.73 Å². The molecule has 4 nitrogen and oxygen atoms in total. The van der Waals surface area contributed by atoms with Crippen LogP contribution < -0.4 is 5.73 Å². The summed E-state index contributed by atoms with van der Waals surface area (Å²) in [5, 5.41) is 0. The summed E-state index contributed by atoms with van der Waals surface area (Å²) in [6, 6.07) is 0.124. The molecule has 0 aromatic carbocycles. The molecule has 5 heteroatoms. The predicted octanol–water partition coefficient (Wildman–Crippen LogP) is 1.03. The van der Waals surface area contributed by atoms with Crippen LogP contribution in [0.1, 0.15) is 33.6 Å². The lowest BCUT2D eigenvalue weighted by atomic mass is 9.88. The second kappa shape index (κ2) is 5.47. The molecular weight excluding hydrogens is 224 g/mol. The monoisotopic (exact) mass is 248 g/mol. The smallest absolute Gasteiger partial charge is 0.214 e. The molecule has 1 saturated heterocycles. The summed E-state index contributed by atoms with van der Waals surface area (Å²) in [5.41, 5.74) is 5.37. The number of hydrogen-bond acceptors (Lipinski definition) is 3. The molecule has 3 unspecified atom stereocenters. The Morgan fingerprint density at radius 2 is 1.94 bits per heavy atom. The van der Waals surface area contributed by atoms with Gasteiger partial charge in [0, 0.05) is 12.6 Å². The van der Waals surface area contributed by atoms with Crippen molar-refractivity contribution in [1.82, 2.24) is 4.31 Å². The van der Waals surface area contributed by atoms with Gasteiger partial charge in [0.15, 0.2) is 0 Å². The van der Waals surface area contributed by atoms with Crippen LogP contribution in [0.15, 0.2) is 0 Å². The van der Waals surface area contributed by atoms with Crippen molar-refractivity contribution in [2.45, 2.75) is 39.7 Å². The van der Waals surface area contributed by atoms with Gasteiger partial charge in [-0.2, -0.15) is 4.31 Å². The van der Waals surface area contributed by atoms with Crippen molar-refractivity contribution in [3.8, 4) is 0 Å². The highest BCUT2D eigenvalue weighted by atomic mass is 32.2. The highest BCUT2D eigenvalue weighted by Gasteiger charge is 2.35. The number of nitrogens with zero attached hydrogens (tertiary/aromatic N) is 1. The van der Waals surface area contributed by atoms with Crippen LogP contribution in [0.25, 0.3) is 0 Å². The van der Waals surface area contributed by atoms with E-state index in [4.69, 9.17) is 5.73 Å². The lowest BCUT2D eigenvalue weighted by Gasteiger charge is -2.40. The Kier molecular flexibility index (Phi) is 4.76. The van der Waals surface area contributed by atoms with Gasteiger partial charge in [-0.05, 0) is 38.1 Å². The van der Waals surface area contributed by atoms with Crippen molar-refractivity contribution >= 4 is 10.0 Å². The molecular formula is C11H24N2O2S. The van der Waals surface area contributed by atoms with Crippen LogP contribution in [0.2, 0.25) is 0 Å². The maximum Gasteiger partial charge on any atom is 0.214 e. The Bertz CT molecular complexity index is 316. The molecule has 0 amide bonds. The molecule has 2 N–H and O–H groups in total. The summed E-state index contributed by atoms with van der Waals surface area (Å²) in [6.45, 7) is 7.36. The second-order valence-electron chi connectivity index (χ2n) is 5.09. The van der Waals surface area contributed by atoms with Gasteiger partial charge in [0.25, 0.3) is 0 Å². The molecule has 0 bridgehead atoms. The fourth-order valence-electron chi connectivity index (χ4n) is 2.41. The first-order chi connectivity index (χ1) is 7.38. The molecule has 1 aliphatic rings. The minimum absolute atomic E-state index is 0.124. The third-order valence-corrected chi connectivity index (χ3v) is 5.51. The zero-order valence-electron chi connectivity index (χ0n) is 10.5. The van der Waals surface area contributed by atoms with Crippen molar-refractivity contribution in [1.29, 1.82) is 0 Å². The SMILES string of the molecule is CC1CC(C)C(C)N(S(=O)(=O)CCCN)C1. The quantitative estimate of drug-likeness (QED) is 0.808. The number of piperidine rings is 1. The van der Waals surface area contributed by atoms with Crippen LogP contribution in [-0.2, 0) is 10.0 Å². The van der Waals surface area contributed by atoms with Gasteiger partial charge in [0.2, 0.25) is 10.0 Å². The number of nitrogens with two attached hydrogens (primary N) is 1. The van der Waals surface area contributed by atoms with Crippen molar-refractivity contribution in [2.75, 3.05) is 18.8 Å². The van der Waals surface area contributed by atoms with Gasteiger partial charge in [0.1, 0.15) is 0 Å². The first kappa shape index (κ1) is 13.9. The van der Waals surface area contributed by atoms with E-state index < -0.39 is 10.0 Å². The molecule has 3 atom stereocenters. The Labute approximate surface area is 99.2 Å². The van der Waals surface area contributed by atoms with Crippen molar-refractivity contribution < 1.29 is 8.42 Å². The average molecular weight is 248 g/mol. The van der Waals surface area contributed by atoms with Gasteiger partial charge in [0.05, 0.1) is 5.75 Å². The zero-order chi connectivity index (χ0) is 12.3. The molecule has 1 rings (SSSR count). The lowest BCUT2D eigenvalue weighted by molar-refractivity contribution is 0.157. The van der Waals surface area contributed by atoms with Crippen molar-refractivity contribution in [3.63, 3.8) is 0 Å². The molecule has 1 aliphatic heterocycles. The molecule has 0 spiro atoms. The van der Waals surface area contributed by atoms with E-state index in [9.17, 15) is 8.42 Å². The average Bonchev–Trinajstić information content (AvgIpc) is 2.20. The second-order valence-corrected chi connectivity index (χ2v) is 7.13. The standard InChI is InChI=1S/C11H24N2O2S/c1-9-7-10(2)11(3)13(8-9)16(14,15)6-4-5-12/h9-11H,4-8,12H2,1-3H3. The topological polar surface area (TPSA) is 63.4 Å². The van der Waals surface area contributed by atoms with Crippen molar-refractivity contribution in [2.24, 2.45) is 17.6 Å². The molecule has 0 aliphatic carbocycles. The zero-order valence-corrected chi connectivity index (χ0v) is 11.3. The van der Waals surface area contributed by atoms with E-state index in [1.165, 1.54) is 0 Å². The number of rotatable bonds is 4. The molecule has 0 aromatic rings. The Morgan fingerprint density at radius 3 is 2.50 bits per heavy atom. The van der Waals surface area contributed by atoms with E-state index in [-0.39, 0.29) is 11.8 Å². The van der Waals surface area contributed by atoms with Gasteiger partial charge >= 0.3 is 0 Å². The Balaban J connectivity index is 2.76. The highest BCUT2D eigenvalue weighted by molar-refractivity contribution is 7.89. The highest BCUT2D eigenvalue weighted by Crippen LogP contribution is 2.29. The molecule has 1 fully saturated rings. The van der Waals surface area contributed by atoms with E-state index >= 15 is 0 Å². The molecule has 16 heavy (non-hydrogen) atoms. The van der Waals surface area contributed by atoms with Crippen LogP contribution in [0, 0.1) is 11.8 Å². The first-order valence-corrected chi connectivity index (χ1v) is 7.69. The van der Waals surface area contributed by atoms with E-state index in [1.807, 2.05) is 6.92 Å². The summed E-state index contributed by atoms with van der Waals surface area (Å²) in [4.78, 5) is 0. The van der Waals surface area contributed by atoms with E-state index in [1.54, 1.807) is 4.31 Å². The maximum atomic E-state index is 12.1.